The number of ether oxygens (including phenoxy) is 1. The van der Waals surface area contributed by atoms with Gasteiger partial charge in [0.05, 0.1) is 13.0 Å². The van der Waals surface area contributed by atoms with E-state index >= 15 is 0 Å². The molecule has 26 heavy (non-hydrogen) atoms. The summed E-state index contributed by atoms with van der Waals surface area (Å²) in [6.45, 7) is 7.20. The quantitative estimate of drug-likeness (QED) is 0.862. The Balaban J connectivity index is 1.65. The molecule has 0 spiro atoms. The summed E-state index contributed by atoms with van der Waals surface area (Å²) in [5, 5.41) is 3.37. The van der Waals surface area contributed by atoms with Crippen LogP contribution in [0.3, 0.4) is 0 Å². The Bertz CT molecular complexity index is 724. The van der Waals surface area contributed by atoms with E-state index in [2.05, 4.69) is 24.1 Å². The van der Waals surface area contributed by atoms with Crippen molar-refractivity contribution < 1.29 is 9.53 Å². The van der Waals surface area contributed by atoms with E-state index in [1.165, 1.54) is 0 Å². The molecule has 140 valence electrons. The van der Waals surface area contributed by atoms with Crippen molar-refractivity contribution in [3.8, 4) is 5.75 Å². The SMILES string of the molecule is CC(C)COc1ccc(CC(=O)N2CCNCC2c2nccn2C)cc1. The summed E-state index contributed by atoms with van der Waals surface area (Å²) in [6, 6.07) is 7.82. The molecule has 1 saturated heterocycles. The van der Waals surface area contributed by atoms with Crippen LogP contribution in [0.2, 0.25) is 0 Å². The normalized spacial score (nSPS) is 17.5. The summed E-state index contributed by atoms with van der Waals surface area (Å²) in [5.41, 5.74) is 1.00. The van der Waals surface area contributed by atoms with Crippen LogP contribution < -0.4 is 10.1 Å². The number of hydrogen-bond donors (Lipinski definition) is 1. The maximum Gasteiger partial charge on any atom is 0.227 e. The number of imidazole rings is 1. The van der Waals surface area contributed by atoms with E-state index in [0.29, 0.717) is 25.5 Å². The van der Waals surface area contributed by atoms with Crippen LogP contribution in [-0.4, -0.2) is 46.6 Å². The zero-order valence-corrected chi connectivity index (χ0v) is 15.8. The fraction of sp³-hybridized carbons (Fsp3) is 0.500. The molecule has 0 saturated carbocycles. The van der Waals surface area contributed by atoms with Crippen molar-refractivity contribution in [1.29, 1.82) is 0 Å². The van der Waals surface area contributed by atoms with Gasteiger partial charge in [-0.1, -0.05) is 26.0 Å². The van der Waals surface area contributed by atoms with Crippen LogP contribution in [-0.2, 0) is 18.3 Å². The molecule has 1 fully saturated rings. The third-order valence-corrected chi connectivity index (χ3v) is 4.58. The minimum atomic E-state index is -0.0232. The average molecular weight is 356 g/mol. The van der Waals surface area contributed by atoms with Gasteiger partial charge < -0.3 is 19.5 Å². The maximum absolute atomic E-state index is 12.9. The third kappa shape index (κ3) is 4.43. The lowest BCUT2D eigenvalue weighted by Crippen LogP contribution is -2.49. The Morgan fingerprint density at radius 2 is 2.12 bits per heavy atom. The standard InChI is InChI=1S/C20H28N4O2/c1-15(2)14-26-17-6-4-16(5-7-17)12-19(25)24-11-8-21-13-18(24)20-22-9-10-23(20)3/h4-7,9-10,15,18,21H,8,11-14H2,1-3H3. The van der Waals surface area contributed by atoms with Crippen LogP contribution in [0, 0.1) is 5.92 Å². The zero-order valence-electron chi connectivity index (χ0n) is 15.8. The molecule has 1 aromatic heterocycles. The van der Waals surface area contributed by atoms with Gasteiger partial charge in [0.25, 0.3) is 0 Å². The second-order valence-corrected chi connectivity index (χ2v) is 7.23. The number of carbonyl (C=O) groups excluding carboxylic acids is 1. The molecule has 0 radical (unpaired) electrons. The topological polar surface area (TPSA) is 59.4 Å². The number of carbonyl (C=O) groups is 1. The fourth-order valence-corrected chi connectivity index (χ4v) is 3.17. The van der Waals surface area contributed by atoms with Gasteiger partial charge in [0, 0.05) is 39.1 Å². The van der Waals surface area contributed by atoms with E-state index < -0.39 is 0 Å². The summed E-state index contributed by atoms with van der Waals surface area (Å²) in [4.78, 5) is 19.3. The number of benzene rings is 1. The second-order valence-electron chi connectivity index (χ2n) is 7.23. The van der Waals surface area contributed by atoms with Crippen LogP contribution in [0.4, 0.5) is 0 Å². The molecule has 1 aliphatic rings. The molecular formula is C20H28N4O2. The molecule has 6 nitrogen and oxygen atoms in total. The van der Waals surface area contributed by atoms with E-state index in [1.807, 2.05) is 47.0 Å². The fourth-order valence-electron chi connectivity index (χ4n) is 3.17. The zero-order chi connectivity index (χ0) is 18.5. The Morgan fingerprint density at radius 3 is 2.77 bits per heavy atom. The van der Waals surface area contributed by atoms with Crippen molar-refractivity contribution in [3.63, 3.8) is 0 Å². The average Bonchev–Trinajstić information content (AvgIpc) is 3.07. The number of aromatic nitrogens is 2. The van der Waals surface area contributed by atoms with E-state index in [4.69, 9.17) is 4.74 Å². The van der Waals surface area contributed by atoms with Crippen molar-refractivity contribution in [1.82, 2.24) is 19.8 Å². The van der Waals surface area contributed by atoms with Gasteiger partial charge in [0.1, 0.15) is 17.6 Å². The number of amides is 1. The number of rotatable bonds is 6. The van der Waals surface area contributed by atoms with E-state index in [-0.39, 0.29) is 11.9 Å². The molecule has 0 bridgehead atoms. The predicted octanol–water partition coefficient (Wildman–Crippen LogP) is 2.17. The highest BCUT2D eigenvalue weighted by Gasteiger charge is 2.30. The number of nitrogens with one attached hydrogen (secondary N) is 1. The minimum Gasteiger partial charge on any atom is -0.493 e. The predicted molar refractivity (Wildman–Crippen MR) is 101 cm³/mol. The molecule has 1 amide bonds. The van der Waals surface area contributed by atoms with Crippen molar-refractivity contribution in [2.45, 2.75) is 26.3 Å². The molecule has 2 aromatic rings. The van der Waals surface area contributed by atoms with E-state index in [1.54, 1.807) is 6.20 Å². The third-order valence-electron chi connectivity index (χ3n) is 4.58. The molecule has 1 unspecified atom stereocenters. The van der Waals surface area contributed by atoms with Crippen LogP contribution in [0.1, 0.15) is 31.3 Å². The lowest BCUT2D eigenvalue weighted by Gasteiger charge is -2.35. The first-order valence-electron chi connectivity index (χ1n) is 9.23. The van der Waals surface area contributed by atoms with E-state index in [0.717, 1.165) is 30.2 Å². The van der Waals surface area contributed by atoms with Gasteiger partial charge in [0.2, 0.25) is 5.91 Å². The van der Waals surface area contributed by atoms with Gasteiger partial charge in [-0.3, -0.25) is 4.79 Å². The molecule has 1 aliphatic heterocycles. The van der Waals surface area contributed by atoms with Gasteiger partial charge >= 0.3 is 0 Å². The monoisotopic (exact) mass is 356 g/mol. The van der Waals surface area contributed by atoms with Crippen molar-refractivity contribution in [3.05, 3.63) is 48.0 Å². The molecule has 6 heteroatoms. The lowest BCUT2D eigenvalue weighted by molar-refractivity contribution is -0.134. The van der Waals surface area contributed by atoms with Crippen molar-refractivity contribution in [2.24, 2.45) is 13.0 Å². The molecule has 1 N–H and O–H groups in total. The van der Waals surface area contributed by atoms with Gasteiger partial charge in [0.15, 0.2) is 0 Å². The molecule has 3 rings (SSSR count). The van der Waals surface area contributed by atoms with Crippen LogP contribution in [0.15, 0.2) is 36.7 Å². The van der Waals surface area contributed by atoms with Gasteiger partial charge in [-0.05, 0) is 23.6 Å². The first-order chi connectivity index (χ1) is 12.5. The number of piperazine rings is 1. The highest BCUT2D eigenvalue weighted by atomic mass is 16.5. The number of hydrogen-bond acceptors (Lipinski definition) is 4. The van der Waals surface area contributed by atoms with E-state index in [9.17, 15) is 4.79 Å². The lowest BCUT2D eigenvalue weighted by atomic mass is 10.1. The Kier molecular flexibility index (Phi) is 5.93. The van der Waals surface area contributed by atoms with Crippen molar-refractivity contribution >= 4 is 5.91 Å². The first-order valence-corrected chi connectivity index (χ1v) is 9.23. The molecular weight excluding hydrogens is 328 g/mol. The summed E-state index contributed by atoms with van der Waals surface area (Å²) in [7, 11) is 1.97. The van der Waals surface area contributed by atoms with Gasteiger partial charge in [-0.15, -0.1) is 0 Å². The largest absolute Gasteiger partial charge is 0.493 e. The summed E-state index contributed by atoms with van der Waals surface area (Å²) in [5.74, 6) is 2.40. The summed E-state index contributed by atoms with van der Waals surface area (Å²) < 4.78 is 7.69. The number of aryl methyl sites for hydroxylation is 1. The Labute approximate surface area is 155 Å². The van der Waals surface area contributed by atoms with Gasteiger partial charge in [-0.25, -0.2) is 4.98 Å². The summed E-state index contributed by atoms with van der Waals surface area (Å²) in [6.07, 6.45) is 4.09. The first kappa shape index (κ1) is 18.5. The molecule has 0 aliphatic carbocycles. The van der Waals surface area contributed by atoms with Crippen LogP contribution >= 0.6 is 0 Å². The molecule has 2 heterocycles. The molecule has 1 atom stereocenters. The van der Waals surface area contributed by atoms with Crippen LogP contribution in [0.5, 0.6) is 5.75 Å². The number of nitrogens with zero attached hydrogens (tertiary/aromatic N) is 3. The highest BCUT2D eigenvalue weighted by Crippen LogP contribution is 2.22. The Morgan fingerprint density at radius 1 is 1.35 bits per heavy atom. The minimum absolute atomic E-state index is 0.0232. The highest BCUT2D eigenvalue weighted by molar-refractivity contribution is 5.79. The van der Waals surface area contributed by atoms with Crippen molar-refractivity contribution in [2.75, 3.05) is 26.2 Å². The maximum atomic E-state index is 12.9. The Hall–Kier alpha value is -2.34. The summed E-state index contributed by atoms with van der Waals surface area (Å²) >= 11 is 0. The molecule has 1 aromatic carbocycles. The smallest absolute Gasteiger partial charge is 0.227 e. The van der Waals surface area contributed by atoms with Crippen LogP contribution in [0.25, 0.3) is 0 Å². The second kappa shape index (κ2) is 8.36. The van der Waals surface area contributed by atoms with Gasteiger partial charge in [-0.2, -0.15) is 0 Å².